The van der Waals surface area contributed by atoms with Gasteiger partial charge in [0.05, 0.1) is 12.2 Å². The highest BCUT2D eigenvalue weighted by Crippen LogP contribution is 2.16. The Morgan fingerprint density at radius 1 is 1.19 bits per heavy atom. The van der Waals surface area contributed by atoms with Gasteiger partial charge in [-0.05, 0) is 31.6 Å². The molecule has 1 atom stereocenters. The van der Waals surface area contributed by atoms with Gasteiger partial charge in [-0.15, -0.1) is 0 Å². The number of guanidine groups is 1. The zero-order valence-electron chi connectivity index (χ0n) is 16.9. The van der Waals surface area contributed by atoms with Crippen LogP contribution in [0.2, 0.25) is 0 Å². The number of aliphatic imine (C=N–C) groups is 1. The molecule has 1 aromatic carbocycles. The van der Waals surface area contributed by atoms with Gasteiger partial charge in [-0.2, -0.15) is 5.10 Å². The summed E-state index contributed by atoms with van der Waals surface area (Å²) in [7, 11) is 10.0. The van der Waals surface area contributed by atoms with E-state index in [1.807, 2.05) is 25.0 Å². The van der Waals surface area contributed by atoms with Crippen LogP contribution in [0.4, 0.5) is 0 Å². The predicted molar refractivity (Wildman–Crippen MR) is 108 cm³/mol. The third-order valence-corrected chi connectivity index (χ3v) is 4.61. The maximum Gasteiger partial charge on any atom is 0.193 e. The van der Waals surface area contributed by atoms with Gasteiger partial charge in [-0.3, -0.25) is 9.67 Å². The van der Waals surface area contributed by atoms with E-state index in [4.69, 9.17) is 0 Å². The molecule has 0 saturated carbocycles. The summed E-state index contributed by atoms with van der Waals surface area (Å²) in [6.45, 7) is 3.77. The second kappa shape index (κ2) is 9.38. The Labute approximate surface area is 157 Å². The fourth-order valence-corrected chi connectivity index (χ4v) is 3.01. The molecule has 0 aliphatic heterocycles. The Morgan fingerprint density at radius 3 is 2.35 bits per heavy atom. The Morgan fingerprint density at radius 2 is 1.85 bits per heavy atom. The van der Waals surface area contributed by atoms with Gasteiger partial charge in [0.15, 0.2) is 5.96 Å². The van der Waals surface area contributed by atoms with Gasteiger partial charge in [0.2, 0.25) is 0 Å². The molecule has 142 valence electrons. The van der Waals surface area contributed by atoms with Crippen LogP contribution in [0.25, 0.3) is 0 Å². The molecule has 0 radical (unpaired) electrons. The van der Waals surface area contributed by atoms with Crippen molar-refractivity contribution in [2.75, 3.05) is 34.7 Å². The Hall–Kier alpha value is -2.34. The molecule has 0 aliphatic carbocycles. The minimum atomic E-state index is 0.234. The molecule has 0 saturated heterocycles. The van der Waals surface area contributed by atoms with Gasteiger partial charge < -0.3 is 15.1 Å². The Balaban J connectivity index is 1.98. The second-order valence-corrected chi connectivity index (χ2v) is 6.88. The number of aromatic nitrogens is 2. The molecular weight excluding hydrogens is 324 g/mol. The van der Waals surface area contributed by atoms with E-state index in [1.165, 1.54) is 16.7 Å². The van der Waals surface area contributed by atoms with E-state index >= 15 is 0 Å². The van der Waals surface area contributed by atoms with Crippen molar-refractivity contribution in [2.24, 2.45) is 12.0 Å². The fourth-order valence-electron chi connectivity index (χ4n) is 3.01. The van der Waals surface area contributed by atoms with Crippen molar-refractivity contribution in [1.82, 2.24) is 24.9 Å². The lowest BCUT2D eigenvalue weighted by atomic mass is 10.1. The smallest absolute Gasteiger partial charge is 0.193 e. The molecule has 1 aromatic heterocycles. The quantitative estimate of drug-likeness (QED) is 0.611. The lowest BCUT2D eigenvalue weighted by Gasteiger charge is -2.27. The van der Waals surface area contributed by atoms with Gasteiger partial charge in [0.1, 0.15) is 0 Å². The standard InChI is InChI=1S/C20H32N6/c1-7-16-8-10-17(11-9-16)14-25(5)20(21-2)22-13-19(24(3)4)18-12-23-26(6)15-18/h8-12,15,19H,7,13-14H2,1-6H3,(H,21,22). The summed E-state index contributed by atoms with van der Waals surface area (Å²) < 4.78 is 1.84. The van der Waals surface area contributed by atoms with E-state index in [0.29, 0.717) is 0 Å². The van der Waals surface area contributed by atoms with Crippen LogP contribution in [0.15, 0.2) is 41.7 Å². The summed E-state index contributed by atoms with van der Waals surface area (Å²) in [6, 6.07) is 9.02. The average Bonchev–Trinajstić information content (AvgIpc) is 3.05. The first-order chi connectivity index (χ1) is 12.4. The van der Waals surface area contributed by atoms with Crippen molar-refractivity contribution in [1.29, 1.82) is 0 Å². The first kappa shape index (κ1) is 20.0. The van der Waals surface area contributed by atoms with Crippen LogP contribution >= 0.6 is 0 Å². The molecule has 0 fully saturated rings. The predicted octanol–water partition coefficient (Wildman–Crippen LogP) is 2.29. The monoisotopic (exact) mass is 356 g/mol. The van der Waals surface area contributed by atoms with Crippen molar-refractivity contribution in [3.63, 3.8) is 0 Å². The largest absolute Gasteiger partial charge is 0.354 e. The molecule has 6 nitrogen and oxygen atoms in total. The molecule has 0 aliphatic rings. The van der Waals surface area contributed by atoms with Crippen LogP contribution in [0.1, 0.15) is 29.7 Å². The molecule has 26 heavy (non-hydrogen) atoms. The number of aryl methyl sites for hydroxylation is 2. The topological polar surface area (TPSA) is 48.7 Å². The molecule has 0 amide bonds. The van der Waals surface area contributed by atoms with E-state index in [2.05, 4.69) is 83.7 Å². The van der Waals surface area contributed by atoms with Crippen LogP contribution in [-0.2, 0) is 20.0 Å². The van der Waals surface area contributed by atoms with Crippen molar-refractivity contribution < 1.29 is 0 Å². The van der Waals surface area contributed by atoms with Gasteiger partial charge >= 0.3 is 0 Å². The zero-order valence-corrected chi connectivity index (χ0v) is 16.9. The minimum Gasteiger partial charge on any atom is -0.354 e. The molecule has 1 N–H and O–H groups in total. The molecule has 6 heteroatoms. The van der Waals surface area contributed by atoms with Gasteiger partial charge in [0, 0.05) is 46.0 Å². The SMILES string of the molecule is CCc1ccc(CN(C)C(=NC)NCC(c2cnn(C)c2)N(C)C)cc1. The minimum absolute atomic E-state index is 0.234. The number of benzene rings is 1. The lowest BCUT2D eigenvalue weighted by Crippen LogP contribution is -2.42. The summed E-state index contributed by atoms with van der Waals surface area (Å²) in [4.78, 5) is 8.79. The molecule has 0 spiro atoms. The highest BCUT2D eigenvalue weighted by atomic mass is 15.3. The maximum absolute atomic E-state index is 4.44. The first-order valence-corrected chi connectivity index (χ1v) is 9.09. The molecule has 0 bridgehead atoms. The maximum atomic E-state index is 4.44. The number of nitrogens with zero attached hydrogens (tertiary/aromatic N) is 5. The van der Waals surface area contributed by atoms with E-state index in [-0.39, 0.29) is 6.04 Å². The van der Waals surface area contributed by atoms with Crippen molar-refractivity contribution in [3.8, 4) is 0 Å². The van der Waals surface area contributed by atoms with Gasteiger partial charge in [0.25, 0.3) is 0 Å². The van der Waals surface area contributed by atoms with Crippen LogP contribution in [-0.4, -0.2) is 60.3 Å². The summed E-state index contributed by atoms with van der Waals surface area (Å²) in [5.74, 6) is 0.889. The zero-order chi connectivity index (χ0) is 19.1. The van der Waals surface area contributed by atoms with Crippen molar-refractivity contribution in [3.05, 3.63) is 53.3 Å². The number of hydrogen-bond acceptors (Lipinski definition) is 3. The van der Waals surface area contributed by atoms with Gasteiger partial charge in [-0.1, -0.05) is 31.2 Å². The third-order valence-electron chi connectivity index (χ3n) is 4.61. The summed E-state index contributed by atoms with van der Waals surface area (Å²) in [5.41, 5.74) is 3.84. The molecule has 1 unspecified atom stereocenters. The van der Waals surface area contributed by atoms with Crippen molar-refractivity contribution >= 4 is 5.96 Å². The van der Waals surface area contributed by atoms with Crippen LogP contribution < -0.4 is 5.32 Å². The molecule has 1 heterocycles. The van der Waals surface area contributed by atoms with Crippen LogP contribution in [0, 0.1) is 0 Å². The fraction of sp³-hybridized carbons (Fsp3) is 0.500. The van der Waals surface area contributed by atoms with E-state index in [0.717, 1.165) is 25.5 Å². The highest BCUT2D eigenvalue weighted by Gasteiger charge is 2.17. The Kier molecular flexibility index (Phi) is 7.21. The highest BCUT2D eigenvalue weighted by molar-refractivity contribution is 5.79. The van der Waals surface area contributed by atoms with Crippen LogP contribution in [0.5, 0.6) is 0 Å². The number of likely N-dealkylation sites (N-methyl/N-ethyl adjacent to an activating group) is 1. The van der Waals surface area contributed by atoms with Gasteiger partial charge in [-0.25, -0.2) is 0 Å². The van der Waals surface area contributed by atoms with E-state index < -0.39 is 0 Å². The summed E-state index contributed by atoms with van der Waals surface area (Å²) in [5, 5.41) is 7.79. The summed E-state index contributed by atoms with van der Waals surface area (Å²) >= 11 is 0. The number of hydrogen-bond donors (Lipinski definition) is 1. The first-order valence-electron chi connectivity index (χ1n) is 9.09. The third kappa shape index (κ3) is 5.33. The summed E-state index contributed by atoms with van der Waals surface area (Å²) in [6.07, 6.45) is 5.06. The van der Waals surface area contributed by atoms with Crippen LogP contribution in [0.3, 0.4) is 0 Å². The normalized spacial score (nSPS) is 13.1. The van der Waals surface area contributed by atoms with E-state index in [9.17, 15) is 0 Å². The average molecular weight is 357 g/mol. The molecule has 2 aromatic rings. The number of nitrogens with one attached hydrogen (secondary N) is 1. The second-order valence-electron chi connectivity index (χ2n) is 6.88. The number of rotatable bonds is 7. The Bertz CT molecular complexity index is 701. The van der Waals surface area contributed by atoms with Crippen molar-refractivity contribution in [2.45, 2.75) is 25.9 Å². The van der Waals surface area contributed by atoms with E-state index in [1.54, 1.807) is 0 Å². The lowest BCUT2D eigenvalue weighted by molar-refractivity contribution is 0.295. The molecule has 2 rings (SSSR count). The molecular formula is C20H32N6.